The number of nitrogens with two attached hydrogens (primary N) is 2. The first-order valence-electron chi connectivity index (χ1n) is 10.9. The second kappa shape index (κ2) is 10.5. The molecule has 1 fully saturated rings. The molecule has 0 aliphatic carbocycles. The van der Waals surface area contributed by atoms with Gasteiger partial charge in [0.2, 0.25) is 5.91 Å². The van der Waals surface area contributed by atoms with Crippen molar-refractivity contribution >= 4 is 28.8 Å². The number of hydrogen-bond donors (Lipinski definition) is 2. The van der Waals surface area contributed by atoms with Crippen LogP contribution in [-0.4, -0.2) is 47.9 Å². The highest BCUT2D eigenvalue weighted by Crippen LogP contribution is 2.28. The van der Waals surface area contributed by atoms with Crippen molar-refractivity contribution in [2.45, 2.75) is 19.3 Å². The van der Waals surface area contributed by atoms with Crippen LogP contribution in [0.3, 0.4) is 0 Å². The molecule has 0 radical (unpaired) electrons. The van der Waals surface area contributed by atoms with Gasteiger partial charge < -0.3 is 21.2 Å². The lowest BCUT2D eigenvalue weighted by molar-refractivity contribution is -0.139. The van der Waals surface area contributed by atoms with Gasteiger partial charge in [-0.3, -0.25) is 4.79 Å². The van der Waals surface area contributed by atoms with Crippen LogP contribution in [0.2, 0.25) is 0 Å². The van der Waals surface area contributed by atoms with E-state index in [0.29, 0.717) is 32.7 Å². The fourth-order valence-corrected chi connectivity index (χ4v) is 4.04. The maximum Gasteiger partial charge on any atom is 0.228 e. The highest BCUT2D eigenvalue weighted by Gasteiger charge is 2.28. The quantitative estimate of drug-likeness (QED) is 0.233. The van der Waals surface area contributed by atoms with Gasteiger partial charge in [0.15, 0.2) is 17.5 Å². The molecule has 0 saturated carbocycles. The van der Waals surface area contributed by atoms with Crippen LogP contribution in [0, 0.1) is 17.6 Å². The lowest BCUT2D eigenvalue weighted by atomic mass is 9.96. The molecule has 178 valence electrons. The summed E-state index contributed by atoms with van der Waals surface area (Å²) in [5.74, 6) is 3.04. The molecule has 0 bridgehead atoms. The SMILES string of the molecule is NN=NC(=Nc1cccc(F)c1F)c1cc(C2=CCN(C(=O)C3CCCOC3)CC2)cnc1N. The van der Waals surface area contributed by atoms with E-state index >= 15 is 0 Å². The van der Waals surface area contributed by atoms with Gasteiger partial charge in [0.25, 0.3) is 0 Å². The average molecular weight is 469 g/mol. The lowest BCUT2D eigenvalue weighted by Crippen LogP contribution is -2.41. The van der Waals surface area contributed by atoms with Crippen molar-refractivity contribution in [3.05, 3.63) is 59.3 Å². The van der Waals surface area contributed by atoms with Crippen LogP contribution in [0.1, 0.15) is 30.4 Å². The fourth-order valence-electron chi connectivity index (χ4n) is 4.04. The minimum absolute atomic E-state index is 0.0808. The molecule has 2 aromatic rings. The number of benzene rings is 1. The number of rotatable bonds is 4. The zero-order chi connectivity index (χ0) is 24.1. The Morgan fingerprint density at radius 2 is 2.15 bits per heavy atom. The number of ether oxygens (including phenoxy) is 1. The van der Waals surface area contributed by atoms with Gasteiger partial charge in [0, 0.05) is 25.9 Å². The first-order valence-corrected chi connectivity index (χ1v) is 10.9. The molecule has 1 aromatic heterocycles. The smallest absolute Gasteiger partial charge is 0.228 e. The number of aromatic nitrogens is 1. The van der Waals surface area contributed by atoms with Gasteiger partial charge in [-0.1, -0.05) is 17.4 Å². The number of nitrogens with zero attached hydrogens (tertiary/aromatic N) is 5. The molecule has 0 spiro atoms. The van der Waals surface area contributed by atoms with E-state index in [2.05, 4.69) is 20.3 Å². The summed E-state index contributed by atoms with van der Waals surface area (Å²) in [7, 11) is 0. The molecule has 34 heavy (non-hydrogen) atoms. The Hall–Kier alpha value is -3.73. The highest BCUT2D eigenvalue weighted by atomic mass is 19.2. The summed E-state index contributed by atoms with van der Waals surface area (Å²) in [5.41, 5.74) is 7.75. The first-order chi connectivity index (χ1) is 16.5. The summed E-state index contributed by atoms with van der Waals surface area (Å²) in [6.45, 7) is 2.23. The largest absolute Gasteiger partial charge is 0.383 e. The molecular formula is C23H25F2N7O2. The second-order valence-electron chi connectivity index (χ2n) is 8.06. The van der Waals surface area contributed by atoms with E-state index in [4.69, 9.17) is 16.3 Å². The number of pyridine rings is 1. The molecule has 1 aromatic carbocycles. The van der Waals surface area contributed by atoms with Gasteiger partial charge in [0.1, 0.15) is 11.5 Å². The van der Waals surface area contributed by atoms with E-state index < -0.39 is 11.6 Å². The molecule has 3 heterocycles. The summed E-state index contributed by atoms with van der Waals surface area (Å²) >= 11 is 0. The van der Waals surface area contributed by atoms with Crippen molar-refractivity contribution in [3.63, 3.8) is 0 Å². The third-order valence-corrected chi connectivity index (χ3v) is 5.87. The van der Waals surface area contributed by atoms with E-state index in [1.807, 2.05) is 11.0 Å². The monoisotopic (exact) mass is 469 g/mol. The number of anilines is 1. The predicted molar refractivity (Wildman–Crippen MR) is 123 cm³/mol. The Morgan fingerprint density at radius 3 is 2.85 bits per heavy atom. The minimum atomic E-state index is -1.13. The Morgan fingerprint density at radius 1 is 1.29 bits per heavy atom. The Labute approximate surface area is 195 Å². The molecule has 4 N–H and O–H groups in total. The molecule has 9 nitrogen and oxygen atoms in total. The van der Waals surface area contributed by atoms with Gasteiger partial charge in [-0.05, 0) is 48.6 Å². The van der Waals surface area contributed by atoms with E-state index in [9.17, 15) is 13.6 Å². The highest BCUT2D eigenvalue weighted by molar-refractivity contribution is 6.04. The number of halogens is 2. The van der Waals surface area contributed by atoms with E-state index in [1.54, 1.807) is 12.3 Å². The zero-order valence-electron chi connectivity index (χ0n) is 18.5. The van der Waals surface area contributed by atoms with Gasteiger partial charge in [-0.15, -0.1) is 5.11 Å². The summed E-state index contributed by atoms with van der Waals surface area (Å²) in [6.07, 6.45) is 5.94. The lowest BCUT2D eigenvalue weighted by Gasteiger charge is -2.31. The number of amides is 1. The van der Waals surface area contributed by atoms with Crippen LogP contribution in [0.25, 0.3) is 5.57 Å². The molecule has 2 aliphatic heterocycles. The van der Waals surface area contributed by atoms with Crippen LogP contribution < -0.4 is 11.6 Å². The number of carbonyl (C=O) groups is 1. The third kappa shape index (κ3) is 5.09. The molecule has 1 saturated heterocycles. The first kappa shape index (κ1) is 23.4. The third-order valence-electron chi connectivity index (χ3n) is 5.87. The number of aliphatic imine (C=N–C) groups is 1. The van der Waals surface area contributed by atoms with Gasteiger partial charge in [-0.25, -0.2) is 18.8 Å². The summed E-state index contributed by atoms with van der Waals surface area (Å²) < 4.78 is 33.2. The van der Waals surface area contributed by atoms with E-state index in [-0.39, 0.29) is 34.7 Å². The topological polar surface area (TPSA) is 132 Å². The maximum absolute atomic E-state index is 14.1. The standard InChI is InChI=1S/C23H25F2N7O2/c24-18-4-1-5-19(20(18)25)29-22(30-31-27)17-11-16(12-28-21(17)26)14-6-8-32(9-7-14)23(33)15-3-2-10-34-13-15/h1,4-6,11-12,15H,2-3,7-10,13H2,(H2,26,28)(H2,27,29,30). The number of amidine groups is 1. The summed E-state index contributed by atoms with van der Waals surface area (Å²) in [5, 5.41) is 7.00. The molecule has 1 amide bonds. The number of hydrogen-bond acceptors (Lipinski definition) is 6. The van der Waals surface area contributed by atoms with E-state index in [1.165, 1.54) is 12.1 Å². The molecule has 2 aliphatic rings. The summed E-state index contributed by atoms with van der Waals surface area (Å²) in [4.78, 5) is 22.9. The van der Waals surface area contributed by atoms with Crippen LogP contribution in [0.5, 0.6) is 0 Å². The maximum atomic E-state index is 14.1. The molecule has 1 unspecified atom stereocenters. The molecular weight excluding hydrogens is 444 g/mol. The second-order valence-corrected chi connectivity index (χ2v) is 8.06. The van der Waals surface area contributed by atoms with Crippen LogP contribution in [-0.2, 0) is 9.53 Å². The number of carbonyl (C=O) groups excluding carboxylic acids is 1. The van der Waals surface area contributed by atoms with Gasteiger partial charge in [-0.2, -0.15) is 0 Å². The van der Waals surface area contributed by atoms with Crippen molar-refractivity contribution < 1.29 is 18.3 Å². The van der Waals surface area contributed by atoms with Crippen molar-refractivity contribution in [1.82, 2.24) is 9.88 Å². The molecule has 4 rings (SSSR count). The Balaban J connectivity index is 1.59. The van der Waals surface area contributed by atoms with Crippen molar-refractivity contribution in [2.75, 3.05) is 32.0 Å². The molecule has 1 atom stereocenters. The zero-order valence-corrected chi connectivity index (χ0v) is 18.5. The predicted octanol–water partition coefficient (Wildman–Crippen LogP) is 3.39. The van der Waals surface area contributed by atoms with Crippen molar-refractivity contribution in [2.24, 2.45) is 27.1 Å². The van der Waals surface area contributed by atoms with Gasteiger partial charge in [0.05, 0.1) is 18.1 Å². The normalized spacial score (nSPS) is 19.4. The molecule has 11 heteroatoms. The Kier molecular flexibility index (Phi) is 7.21. The van der Waals surface area contributed by atoms with Crippen LogP contribution in [0.15, 0.2) is 51.9 Å². The van der Waals surface area contributed by atoms with Gasteiger partial charge >= 0.3 is 0 Å². The van der Waals surface area contributed by atoms with Crippen molar-refractivity contribution in [3.8, 4) is 0 Å². The fraction of sp³-hybridized carbons (Fsp3) is 0.348. The summed E-state index contributed by atoms with van der Waals surface area (Å²) in [6, 6.07) is 5.31. The Bertz CT molecular complexity index is 1160. The number of nitrogen functional groups attached to an aromatic ring is 1. The minimum Gasteiger partial charge on any atom is -0.383 e. The van der Waals surface area contributed by atoms with Crippen molar-refractivity contribution in [1.29, 1.82) is 0 Å². The average Bonchev–Trinajstić information content (AvgIpc) is 2.87. The van der Waals surface area contributed by atoms with E-state index in [0.717, 1.165) is 30.0 Å². The van der Waals surface area contributed by atoms with Crippen LogP contribution in [0.4, 0.5) is 20.3 Å². The van der Waals surface area contributed by atoms with Crippen LogP contribution >= 0.6 is 0 Å².